The molecule has 32 heavy (non-hydrogen) atoms. The number of alkyl halides is 3. The Labute approximate surface area is 181 Å². The lowest BCUT2D eigenvalue weighted by atomic mass is 10.1. The third-order valence-electron chi connectivity index (χ3n) is 5.33. The average Bonchev–Trinajstić information content (AvgIpc) is 3.37. The van der Waals surface area contributed by atoms with Gasteiger partial charge in [-0.05, 0) is 37.8 Å². The second kappa shape index (κ2) is 10.0. The topological polar surface area (TPSA) is 102 Å². The number of morpholine rings is 1. The van der Waals surface area contributed by atoms with Gasteiger partial charge in [-0.3, -0.25) is 4.79 Å². The molecule has 0 aromatic carbocycles. The maximum Gasteiger partial charge on any atom is 0.490 e. The van der Waals surface area contributed by atoms with Crippen LogP contribution in [0.1, 0.15) is 29.0 Å². The van der Waals surface area contributed by atoms with Gasteiger partial charge in [-0.2, -0.15) is 13.2 Å². The summed E-state index contributed by atoms with van der Waals surface area (Å²) >= 11 is 0. The number of carbonyl (C=O) groups excluding carboxylic acids is 1. The minimum atomic E-state index is -5.08. The smallest absolute Gasteiger partial charge is 0.477 e. The number of nitrogens with zero attached hydrogens (tertiary/aromatic N) is 2. The van der Waals surface area contributed by atoms with Crippen LogP contribution in [0.15, 0.2) is 41.1 Å². The van der Waals surface area contributed by atoms with Crippen LogP contribution in [0.4, 0.5) is 13.2 Å². The highest BCUT2D eigenvalue weighted by Gasteiger charge is 2.43. The van der Waals surface area contributed by atoms with Gasteiger partial charge in [0.15, 0.2) is 0 Å². The molecular weight excluding hydrogens is 433 g/mol. The molecule has 1 N–H and O–H groups in total. The van der Waals surface area contributed by atoms with E-state index in [0.717, 1.165) is 12.8 Å². The van der Waals surface area contributed by atoms with Crippen molar-refractivity contribution in [2.75, 3.05) is 19.8 Å². The van der Waals surface area contributed by atoms with E-state index in [2.05, 4.69) is 4.98 Å². The van der Waals surface area contributed by atoms with Crippen molar-refractivity contribution in [1.82, 2.24) is 9.88 Å². The molecule has 4 rings (SSSR count). The number of carbonyl (C=O) groups is 2. The molecule has 1 saturated carbocycles. The van der Waals surface area contributed by atoms with E-state index in [4.69, 9.17) is 23.8 Å². The van der Waals surface area contributed by atoms with Gasteiger partial charge in [0.05, 0.1) is 37.2 Å². The van der Waals surface area contributed by atoms with Crippen LogP contribution in [0.5, 0.6) is 5.88 Å². The van der Waals surface area contributed by atoms with Crippen LogP contribution in [0, 0.1) is 12.8 Å². The summed E-state index contributed by atoms with van der Waals surface area (Å²) < 4.78 is 48.7. The zero-order valence-corrected chi connectivity index (χ0v) is 17.2. The SMILES string of the molecule is Cc1occc1C(=O)N1CCOC2CC(COc3ccccn3)CC21.O=C(O)C(F)(F)F. The van der Waals surface area contributed by atoms with Gasteiger partial charge in [0.25, 0.3) is 5.91 Å². The van der Waals surface area contributed by atoms with E-state index >= 15 is 0 Å². The summed E-state index contributed by atoms with van der Waals surface area (Å²) in [5.41, 5.74) is 0.647. The monoisotopic (exact) mass is 456 g/mol. The molecule has 1 amide bonds. The van der Waals surface area contributed by atoms with Crippen LogP contribution in [0.25, 0.3) is 0 Å². The number of hydrogen-bond acceptors (Lipinski definition) is 6. The highest BCUT2D eigenvalue weighted by Crippen LogP contribution is 2.35. The lowest BCUT2D eigenvalue weighted by Crippen LogP contribution is -2.51. The molecule has 8 nitrogen and oxygen atoms in total. The van der Waals surface area contributed by atoms with Gasteiger partial charge < -0.3 is 23.9 Å². The van der Waals surface area contributed by atoms with Crippen LogP contribution < -0.4 is 4.74 Å². The molecule has 174 valence electrons. The Hall–Kier alpha value is -3.08. The number of amides is 1. The van der Waals surface area contributed by atoms with Crippen molar-refractivity contribution in [3.05, 3.63) is 48.0 Å². The molecule has 0 bridgehead atoms. The molecule has 2 fully saturated rings. The molecule has 2 aliphatic rings. The summed E-state index contributed by atoms with van der Waals surface area (Å²) in [5.74, 6) is -1.06. The molecule has 2 aromatic heterocycles. The average molecular weight is 456 g/mol. The summed E-state index contributed by atoms with van der Waals surface area (Å²) in [6.45, 7) is 3.62. The first kappa shape index (κ1) is 23.6. The molecule has 0 spiro atoms. The van der Waals surface area contributed by atoms with Crippen molar-refractivity contribution in [3.8, 4) is 5.88 Å². The number of aryl methyl sites for hydroxylation is 1. The van der Waals surface area contributed by atoms with Crippen molar-refractivity contribution < 1.29 is 41.8 Å². The van der Waals surface area contributed by atoms with Crippen LogP contribution in [-0.4, -0.2) is 64.9 Å². The molecule has 11 heteroatoms. The molecule has 1 aliphatic heterocycles. The Morgan fingerprint density at radius 3 is 2.62 bits per heavy atom. The molecule has 2 aromatic rings. The number of aromatic nitrogens is 1. The number of hydrogen-bond donors (Lipinski definition) is 1. The standard InChI is InChI=1S/C19H22N2O4.C2HF3O2/c1-13-15(5-8-23-13)19(22)21-7-9-24-17-11-14(10-16(17)21)12-25-18-4-2-3-6-20-18;3-2(4,5)1(6)7/h2-6,8,14,16-17H,7,9-12H2,1H3;(H,6,7). The Morgan fingerprint density at radius 2 is 2.03 bits per heavy atom. The van der Waals surface area contributed by atoms with Gasteiger partial charge >= 0.3 is 12.1 Å². The fraction of sp³-hybridized carbons (Fsp3) is 0.476. The Bertz CT molecular complexity index is 918. The van der Waals surface area contributed by atoms with E-state index in [9.17, 15) is 18.0 Å². The Kier molecular flexibility index (Phi) is 7.39. The van der Waals surface area contributed by atoms with Gasteiger partial charge in [-0.1, -0.05) is 6.07 Å². The fourth-order valence-corrected chi connectivity index (χ4v) is 3.84. The molecule has 1 saturated heterocycles. The summed E-state index contributed by atoms with van der Waals surface area (Å²) in [5, 5.41) is 7.12. The number of furan rings is 1. The third kappa shape index (κ3) is 5.78. The largest absolute Gasteiger partial charge is 0.490 e. The lowest BCUT2D eigenvalue weighted by Gasteiger charge is -2.37. The first-order valence-corrected chi connectivity index (χ1v) is 9.97. The summed E-state index contributed by atoms with van der Waals surface area (Å²) in [7, 11) is 0. The van der Waals surface area contributed by atoms with Crippen molar-refractivity contribution >= 4 is 11.9 Å². The fourth-order valence-electron chi connectivity index (χ4n) is 3.84. The predicted octanol–water partition coefficient (Wildman–Crippen LogP) is 3.31. The van der Waals surface area contributed by atoms with Crippen molar-refractivity contribution in [2.45, 2.75) is 38.1 Å². The Morgan fingerprint density at radius 1 is 1.28 bits per heavy atom. The van der Waals surface area contributed by atoms with E-state index in [1.54, 1.807) is 18.5 Å². The summed E-state index contributed by atoms with van der Waals surface area (Å²) in [6.07, 6.45) is 0.0903. The van der Waals surface area contributed by atoms with E-state index in [1.807, 2.05) is 30.0 Å². The first-order valence-electron chi connectivity index (χ1n) is 9.97. The number of aliphatic carboxylic acids is 1. The summed E-state index contributed by atoms with van der Waals surface area (Å²) in [6, 6.07) is 7.49. The first-order chi connectivity index (χ1) is 15.2. The van der Waals surface area contributed by atoms with E-state index in [-0.39, 0.29) is 18.1 Å². The van der Waals surface area contributed by atoms with E-state index in [0.29, 0.717) is 42.9 Å². The maximum atomic E-state index is 12.9. The molecule has 0 radical (unpaired) electrons. The van der Waals surface area contributed by atoms with Crippen LogP contribution in [0.2, 0.25) is 0 Å². The zero-order chi connectivity index (χ0) is 23.3. The number of carboxylic acids is 1. The lowest BCUT2D eigenvalue weighted by molar-refractivity contribution is -0.192. The zero-order valence-electron chi connectivity index (χ0n) is 17.2. The van der Waals surface area contributed by atoms with E-state index in [1.165, 1.54) is 0 Å². The third-order valence-corrected chi connectivity index (χ3v) is 5.33. The second-order valence-electron chi connectivity index (χ2n) is 7.48. The van der Waals surface area contributed by atoms with Gasteiger partial charge in [0, 0.05) is 18.8 Å². The van der Waals surface area contributed by atoms with Crippen molar-refractivity contribution in [2.24, 2.45) is 5.92 Å². The van der Waals surface area contributed by atoms with Gasteiger partial charge in [-0.15, -0.1) is 0 Å². The molecule has 3 heterocycles. The highest BCUT2D eigenvalue weighted by atomic mass is 19.4. The number of pyridine rings is 1. The minimum Gasteiger partial charge on any atom is -0.477 e. The molecule has 3 unspecified atom stereocenters. The number of halogens is 3. The maximum absolute atomic E-state index is 12.9. The normalized spacial score (nSPS) is 22.5. The van der Waals surface area contributed by atoms with Crippen LogP contribution in [-0.2, 0) is 9.53 Å². The number of fused-ring (bicyclic) bond motifs is 1. The van der Waals surface area contributed by atoms with Gasteiger partial charge in [-0.25, -0.2) is 9.78 Å². The van der Waals surface area contributed by atoms with Crippen LogP contribution >= 0.6 is 0 Å². The predicted molar refractivity (Wildman–Crippen MR) is 104 cm³/mol. The molecule has 3 atom stereocenters. The van der Waals surface area contributed by atoms with Crippen LogP contribution in [0.3, 0.4) is 0 Å². The molecular formula is C21H23F3N2O6. The second-order valence-corrected chi connectivity index (χ2v) is 7.48. The highest BCUT2D eigenvalue weighted by molar-refractivity contribution is 5.95. The van der Waals surface area contributed by atoms with Crippen molar-refractivity contribution in [3.63, 3.8) is 0 Å². The number of rotatable bonds is 4. The van der Waals surface area contributed by atoms with Gasteiger partial charge in [0.2, 0.25) is 5.88 Å². The molecule has 1 aliphatic carbocycles. The summed E-state index contributed by atoms with van der Waals surface area (Å²) in [4.78, 5) is 27.9. The van der Waals surface area contributed by atoms with Gasteiger partial charge in [0.1, 0.15) is 5.76 Å². The van der Waals surface area contributed by atoms with E-state index < -0.39 is 12.1 Å². The quantitative estimate of drug-likeness (QED) is 0.753. The minimum absolute atomic E-state index is 0.0378. The number of ether oxygens (including phenoxy) is 2. The Balaban J connectivity index is 0.000000360. The van der Waals surface area contributed by atoms with Crippen molar-refractivity contribution in [1.29, 1.82) is 0 Å². The number of carboxylic acid groups (broad SMARTS) is 1.